The molecule has 0 aliphatic carbocycles. The van der Waals surface area contributed by atoms with Gasteiger partial charge in [0.05, 0.1) is 5.56 Å². The van der Waals surface area contributed by atoms with Gasteiger partial charge in [-0.3, -0.25) is 0 Å². The van der Waals surface area contributed by atoms with Crippen molar-refractivity contribution in [2.45, 2.75) is 26.2 Å². The highest BCUT2D eigenvalue weighted by Crippen LogP contribution is 2.22. The molecule has 1 atom stereocenters. The summed E-state index contributed by atoms with van der Waals surface area (Å²) in [6, 6.07) is 25.6. The zero-order valence-corrected chi connectivity index (χ0v) is 14.6. The fourth-order valence-electron chi connectivity index (χ4n) is 2.80. The maximum atomic E-state index is 12.2. The summed E-state index contributed by atoms with van der Waals surface area (Å²) >= 11 is 0. The Balaban J connectivity index is 1.62. The number of benzene rings is 3. The molecule has 1 unspecified atom stereocenters. The Kier molecular flexibility index (Phi) is 5.30. The number of aryl methyl sites for hydroxylation is 1. The molecule has 0 spiro atoms. The molecule has 0 saturated heterocycles. The summed E-state index contributed by atoms with van der Waals surface area (Å²) in [6.45, 7) is 4.21. The lowest BCUT2D eigenvalue weighted by molar-refractivity contribution is 0.0734. The van der Waals surface area contributed by atoms with Gasteiger partial charge in [-0.2, -0.15) is 0 Å². The minimum atomic E-state index is -0.328. The molecule has 3 aromatic carbocycles. The second-order valence-electron chi connectivity index (χ2n) is 6.42. The molecule has 0 saturated carbocycles. The third-order valence-corrected chi connectivity index (χ3v) is 4.33. The molecule has 2 nitrogen and oxygen atoms in total. The van der Waals surface area contributed by atoms with E-state index in [1.807, 2.05) is 49.4 Å². The lowest BCUT2D eigenvalue weighted by Gasteiger charge is -2.12. The molecule has 2 heteroatoms. The predicted octanol–water partition coefficient (Wildman–Crippen LogP) is 5.56. The van der Waals surface area contributed by atoms with Crippen LogP contribution in [-0.2, 0) is 6.42 Å². The van der Waals surface area contributed by atoms with Gasteiger partial charge < -0.3 is 4.74 Å². The Labute approximate surface area is 149 Å². The molecule has 0 N–H and O–H groups in total. The van der Waals surface area contributed by atoms with Crippen LogP contribution in [0.25, 0.3) is 0 Å². The van der Waals surface area contributed by atoms with Crippen LogP contribution >= 0.6 is 0 Å². The highest BCUT2D eigenvalue weighted by molar-refractivity contribution is 5.91. The van der Waals surface area contributed by atoms with Crippen LogP contribution < -0.4 is 4.74 Å². The van der Waals surface area contributed by atoms with Gasteiger partial charge in [-0.25, -0.2) is 4.79 Å². The van der Waals surface area contributed by atoms with Crippen LogP contribution in [0, 0.1) is 6.92 Å². The number of rotatable bonds is 5. The first-order valence-electron chi connectivity index (χ1n) is 8.54. The van der Waals surface area contributed by atoms with Crippen LogP contribution in [0.2, 0.25) is 0 Å². The van der Waals surface area contributed by atoms with Crippen molar-refractivity contribution in [2.75, 3.05) is 0 Å². The van der Waals surface area contributed by atoms with E-state index < -0.39 is 0 Å². The van der Waals surface area contributed by atoms with Crippen molar-refractivity contribution < 1.29 is 9.53 Å². The van der Waals surface area contributed by atoms with Gasteiger partial charge in [0, 0.05) is 0 Å². The first-order valence-corrected chi connectivity index (χ1v) is 8.54. The SMILES string of the molecule is Cc1ccc(C(=O)Oc2ccc(CC(C)c3ccccc3)cc2)cc1. The van der Waals surface area contributed by atoms with Crippen LogP contribution in [0.4, 0.5) is 0 Å². The van der Waals surface area contributed by atoms with E-state index in [4.69, 9.17) is 4.74 Å². The lowest BCUT2D eigenvalue weighted by atomic mass is 9.94. The number of hydrogen-bond acceptors (Lipinski definition) is 2. The summed E-state index contributed by atoms with van der Waals surface area (Å²) in [4.78, 5) is 12.2. The molecule has 0 amide bonds. The zero-order chi connectivity index (χ0) is 17.6. The van der Waals surface area contributed by atoms with Gasteiger partial charge in [0.15, 0.2) is 0 Å². The molecule has 3 aromatic rings. The Bertz CT molecular complexity index is 818. The van der Waals surface area contributed by atoms with Gasteiger partial charge in [0.2, 0.25) is 0 Å². The fourth-order valence-corrected chi connectivity index (χ4v) is 2.80. The van der Waals surface area contributed by atoms with Gasteiger partial charge in [0.1, 0.15) is 5.75 Å². The molecule has 0 fully saturated rings. The van der Waals surface area contributed by atoms with Crippen molar-refractivity contribution in [2.24, 2.45) is 0 Å². The molecule has 0 aliphatic rings. The minimum absolute atomic E-state index is 0.328. The van der Waals surface area contributed by atoms with Crippen LogP contribution in [0.1, 0.15) is 39.9 Å². The summed E-state index contributed by atoms with van der Waals surface area (Å²) in [5.74, 6) is 0.689. The molecule has 25 heavy (non-hydrogen) atoms. The molecule has 3 rings (SSSR count). The predicted molar refractivity (Wildman–Crippen MR) is 101 cm³/mol. The second-order valence-corrected chi connectivity index (χ2v) is 6.42. The van der Waals surface area contributed by atoms with Crippen molar-refractivity contribution in [3.63, 3.8) is 0 Å². The highest BCUT2D eigenvalue weighted by atomic mass is 16.5. The van der Waals surface area contributed by atoms with Gasteiger partial charge in [-0.15, -0.1) is 0 Å². The number of carbonyl (C=O) groups is 1. The van der Waals surface area contributed by atoms with E-state index in [-0.39, 0.29) is 5.97 Å². The van der Waals surface area contributed by atoms with Crippen molar-refractivity contribution in [3.05, 3.63) is 101 Å². The van der Waals surface area contributed by atoms with Gasteiger partial charge in [-0.1, -0.05) is 67.1 Å². The molecular weight excluding hydrogens is 308 g/mol. The molecular formula is C23H22O2. The Morgan fingerprint density at radius 1 is 0.880 bits per heavy atom. The van der Waals surface area contributed by atoms with Crippen LogP contribution in [0.5, 0.6) is 5.75 Å². The standard InChI is InChI=1S/C23H22O2/c1-17-8-12-21(13-9-17)23(24)25-22-14-10-19(11-15-22)16-18(2)20-6-4-3-5-7-20/h3-15,18H,16H2,1-2H3. The highest BCUT2D eigenvalue weighted by Gasteiger charge is 2.09. The van der Waals surface area contributed by atoms with Crippen molar-refractivity contribution in [1.82, 2.24) is 0 Å². The minimum Gasteiger partial charge on any atom is -0.423 e. The molecule has 126 valence electrons. The zero-order valence-electron chi connectivity index (χ0n) is 14.6. The van der Waals surface area contributed by atoms with E-state index in [0.717, 1.165) is 12.0 Å². The summed E-state index contributed by atoms with van der Waals surface area (Å²) < 4.78 is 5.45. The number of carbonyl (C=O) groups excluding carboxylic acids is 1. The lowest BCUT2D eigenvalue weighted by Crippen LogP contribution is -2.08. The van der Waals surface area contributed by atoms with E-state index in [1.165, 1.54) is 11.1 Å². The van der Waals surface area contributed by atoms with E-state index in [9.17, 15) is 4.79 Å². The van der Waals surface area contributed by atoms with Crippen molar-refractivity contribution in [3.8, 4) is 5.75 Å². The molecule has 0 heterocycles. The number of ether oxygens (including phenoxy) is 1. The first-order chi connectivity index (χ1) is 12.1. The third-order valence-electron chi connectivity index (χ3n) is 4.33. The van der Waals surface area contributed by atoms with Crippen LogP contribution in [0.15, 0.2) is 78.9 Å². The van der Waals surface area contributed by atoms with Gasteiger partial charge in [0.25, 0.3) is 0 Å². The Morgan fingerprint density at radius 2 is 1.52 bits per heavy atom. The first kappa shape index (κ1) is 17.0. The van der Waals surface area contributed by atoms with E-state index in [2.05, 4.69) is 31.2 Å². The average molecular weight is 330 g/mol. The topological polar surface area (TPSA) is 26.3 Å². The Hall–Kier alpha value is -2.87. The number of hydrogen-bond donors (Lipinski definition) is 0. The molecule has 0 aliphatic heterocycles. The molecule has 0 bridgehead atoms. The number of esters is 1. The summed E-state index contributed by atoms with van der Waals surface area (Å²) in [7, 11) is 0. The van der Waals surface area contributed by atoms with E-state index in [0.29, 0.717) is 17.2 Å². The smallest absolute Gasteiger partial charge is 0.343 e. The largest absolute Gasteiger partial charge is 0.423 e. The molecule has 0 radical (unpaired) electrons. The maximum absolute atomic E-state index is 12.2. The average Bonchev–Trinajstić information content (AvgIpc) is 2.64. The van der Waals surface area contributed by atoms with Crippen LogP contribution in [-0.4, -0.2) is 5.97 Å². The van der Waals surface area contributed by atoms with Gasteiger partial charge >= 0.3 is 5.97 Å². The van der Waals surface area contributed by atoms with Crippen molar-refractivity contribution >= 4 is 5.97 Å². The second kappa shape index (κ2) is 7.80. The third kappa shape index (κ3) is 4.57. The fraction of sp³-hybridized carbons (Fsp3) is 0.174. The van der Waals surface area contributed by atoms with Crippen LogP contribution in [0.3, 0.4) is 0 Å². The molecule has 0 aromatic heterocycles. The normalized spacial score (nSPS) is 11.8. The maximum Gasteiger partial charge on any atom is 0.343 e. The van der Waals surface area contributed by atoms with Crippen molar-refractivity contribution in [1.29, 1.82) is 0 Å². The summed E-state index contributed by atoms with van der Waals surface area (Å²) in [6.07, 6.45) is 0.955. The van der Waals surface area contributed by atoms with E-state index >= 15 is 0 Å². The Morgan fingerprint density at radius 3 is 2.16 bits per heavy atom. The monoisotopic (exact) mass is 330 g/mol. The van der Waals surface area contributed by atoms with E-state index in [1.54, 1.807) is 12.1 Å². The summed E-state index contributed by atoms with van der Waals surface area (Å²) in [5, 5.41) is 0. The van der Waals surface area contributed by atoms with Gasteiger partial charge in [-0.05, 0) is 54.7 Å². The quantitative estimate of drug-likeness (QED) is 0.452. The summed E-state index contributed by atoms with van der Waals surface area (Å²) in [5.41, 5.74) is 4.24.